The van der Waals surface area contributed by atoms with Gasteiger partial charge < -0.3 is 4.74 Å². The van der Waals surface area contributed by atoms with Gasteiger partial charge in [-0.1, -0.05) is 41.3 Å². The molecular weight excluding hydrogens is 435 g/mol. The molecule has 0 atom stereocenters. The predicted octanol–water partition coefficient (Wildman–Crippen LogP) is 5.09. The molecule has 0 aliphatic heterocycles. The van der Waals surface area contributed by atoms with Gasteiger partial charge in [-0.2, -0.15) is 4.52 Å². The fourth-order valence-corrected chi connectivity index (χ4v) is 4.63. The topological polar surface area (TPSA) is 69.4 Å². The molecule has 4 aromatic rings. The van der Waals surface area contributed by atoms with Crippen molar-refractivity contribution in [2.45, 2.75) is 17.7 Å². The van der Waals surface area contributed by atoms with Crippen LogP contribution in [0, 0.1) is 12.7 Å². The van der Waals surface area contributed by atoms with E-state index in [0.717, 1.165) is 38.6 Å². The predicted molar refractivity (Wildman–Crippen MR) is 120 cm³/mol. The van der Waals surface area contributed by atoms with Gasteiger partial charge in [-0.3, -0.25) is 4.79 Å². The fraction of sp³-hybridized carbons (Fsp3) is 0.182. The van der Waals surface area contributed by atoms with E-state index < -0.39 is 0 Å². The summed E-state index contributed by atoms with van der Waals surface area (Å²) in [6.45, 7) is 2.45. The minimum absolute atomic E-state index is 0.118. The zero-order chi connectivity index (χ0) is 21.6. The minimum Gasteiger partial charge on any atom is -0.494 e. The van der Waals surface area contributed by atoms with E-state index in [1.807, 2.05) is 6.92 Å². The molecule has 0 N–H and O–H groups in total. The molecule has 0 aliphatic carbocycles. The number of hydrogen-bond donors (Lipinski definition) is 0. The molecule has 158 valence electrons. The van der Waals surface area contributed by atoms with Crippen molar-refractivity contribution < 1.29 is 13.9 Å². The molecule has 0 saturated carbocycles. The molecule has 0 radical (unpaired) electrons. The number of ether oxygens (including phenoxy) is 1. The summed E-state index contributed by atoms with van der Waals surface area (Å²) in [4.78, 5) is 13.1. The lowest BCUT2D eigenvalue weighted by Crippen LogP contribution is -2.00. The zero-order valence-corrected chi connectivity index (χ0v) is 18.3. The standard InChI is InChI=1S/C22H19FN4O2S2/c1-15-24-25-21-27(15)26-22(31-21)30-14-2-13-29-19-10-6-17(7-11-19)20(28)12-5-16-3-8-18(23)9-4-16/h3-12H,2,13-14H2,1H3/b12-5+. The van der Waals surface area contributed by atoms with Gasteiger partial charge in [0.1, 0.15) is 11.6 Å². The minimum atomic E-state index is -0.302. The number of carbonyl (C=O) groups is 1. The van der Waals surface area contributed by atoms with Crippen LogP contribution in [0.4, 0.5) is 4.39 Å². The molecular formula is C22H19FN4O2S2. The van der Waals surface area contributed by atoms with E-state index in [1.54, 1.807) is 58.8 Å². The molecule has 2 aromatic carbocycles. The van der Waals surface area contributed by atoms with Crippen molar-refractivity contribution in [2.75, 3.05) is 12.4 Å². The molecule has 0 saturated heterocycles. The number of benzene rings is 2. The van der Waals surface area contributed by atoms with Crippen molar-refractivity contribution in [3.05, 3.63) is 77.4 Å². The van der Waals surface area contributed by atoms with Crippen molar-refractivity contribution in [1.82, 2.24) is 19.8 Å². The zero-order valence-electron chi connectivity index (χ0n) is 16.7. The molecule has 0 bridgehead atoms. The van der Waals surface area contributed by atoms with Crippen LogP contribution in [0.1, 0.15) is 28.2 Å². The molecule has 4 rings (SSSR count). The lowest BCUT2D eigenvalue weighted by molar-refractivity contribution is 0.104. The average Bonchev–Trinajstić information content (AvgIpc) is 3.34. The third kappa shape index (κ3) is 5.56. The van der Waals surface area contributed by atoms with E-state index in [4.69, 9.17) is 4.74 Å². The Morgan fingerprint density at radius 3 is 2.68 bits per heavy atom. The first-order chi connectivity index (χ1) is 15.1. The summed E-state index contributed by atoms with van der Waals surface area (Å²) in [7, 11) is 0. The maximum atomic E-state index is 12.9. The van der Waals surface area contributed by atoms with Gasteiger partial charge in [0, 0.05) is 11.3 Å². The van der Waals surface area contributed by atoms with Gasteiger partial charge in [-0.15, -0.1) is 15.3 Å². The number of aromatic nitrogens is 4. The van der Waals surface area contributed by atoms with Gasteiger partial charge in [-0.25, -0.2) is 4.39 Å². The second-order valence-electron chi connectivity index (χ2n) is 6.63. The Bertz CT molecular complexity index is 1200. The number of allylic oxidation sites excluding steroid dienone is 1. The largest absolute Gasteiger partial charge is 0.494 e. The lowest BCUT2D eigenvalue weighted by atomic mass is 10.1. The Balaban J connectivity index is 1.21. The van der Waals surface area contributed by atoms with Crippen molar-refractivity contribution in [1.29, 1.82) is 0 Å². The van der Waals surface area contributed by atoms with Gasteiger partial charge in [0.2, 0.25) is 4.96 Å². The summed E-state index contributed by atoms with van der Waals surface area (Å²) < 4.78 is 21.4. The monoisotopic (exact) mass is 454 g/mol. The summed E-state index contributed by atoms with van der Waals surface area (Å²) in [5.41, 5.74) is 1.34. The van der Waals surface area contributed by atoms with E-state index in [0.29, 0.717) is 12.2 Å². The highest BCUT2D eigenvalue weighted by atomic mass is 32.2. The highest BCUT2D eigenvalue weighted by Crippen LogP contribution is 2.25. The number of fused-ring (bicyclic) bond motifs is 1. The molecule has 0 fully saturated rings. The number of halogens is 1. The van der Waals surface area contributed by atoms with Crippen molar-refractivity contribution in [3.63, 3.8) is 0 Å². The summed E-state index contributed by atoms with van der Waals surface area (Å²) in [5.74, 6) is 1.97. The van der Waals surface area contributed by atoms with Crippen molar-refractivity contribution in [2.24, 2.45) is 0 Å². The SMILES string of the molecule is Cc1nnc2sc(SCCCOc3ccc(C(=O)/C=C/c4ccc(F)cc4)cc3)nn12. The van der Waals surface area contributed by atoms with Crippen LogP contribution < -0.4 is 4.74 Å². The molecule has 6 nitrogen and oxygen atoms in total. The Labute approximate surface area is 186 Å². The number of aryl methyl sites for hydroxylation is 1. The molecule has 9 heteroatoms. The van der Waals surface area contributed by atoms with Crippen LogP contribution in [0.3, 0.4) is 0 Å². The van der Waals surface area contributed by atoms with Gasteiger partial charge in [-0.05, 0) is 61.4 Å². The molecule has 2 heterocycles. The highest BCUT2D eigenvalue weighted by molar-refractivity contribution is 8.01. The van der Waals surface area contributed by atoms with Crippen LogP contribution in [-0.4, -0.2) is 38.0 Å². The Kier molecular flexibility index (Phi) is 6.73. The van der Waals surface area contributed by atoms with E-state index in [9.17, 15) is 9.18 Å². The van der Waals surface area contributed by atoms with E-state index >= 15 is 0 Å². The van der Waals surface area contributed by atoms with Crippen LogP contribution in [0.15, 0.2) is 58.9 Å². The third-order valence-electron chi connectivity index (χ3n) is 4.35. The maximum absolute atomic E-state index is 12.9. The number of ketones is 1. The third-order valence-corrected chi connectivity index (χ3v) is 6.47. The normalized spacial score (nSPS) is 11.4. The summed E-state index contributed by atoms with van der Waals surface area (Å²) in [6.07, 6.45) is 4.01. The van der Waals surface area contributed by atoms with Crippen LogP contribution in [0.5, 0.6) is 5.75 Å². The van der Waals surface area contributed by atoms with Crippen LogP contribution in [-0.2, 0) is 0 Å². The number of thioether (sulfide) groups is 1. The summed E-state index contributed by atoms with van der Waals surface area (Å²) in [6, 6.07) is 13.0. The van der Waals surface area contributed by atoms with Crippen LogP contribution in [0.25, 0.3) is 11.0 Å². The number of carbonyl (C=O) groups excluding carboxylic acids is 1. The maximum Gasteiger partial charge on any atom is 0.235 e. The Morgan fingerprint density at radius 2 is 1.94 bits per heavy atom. The summed E-state index contributed by atoms with van der Waals surface area (Å²) in [5, 5.41) is 12.5. The first-order valence-electron chi connectivity index (χ1n) is 9.61. The molecule has 31 heavy (non-hydrogen) atoms. The fourth-order valence-electron chi connectivity index (χ4n) is 2.72. The average molecular weight is 455 g/mol. The van der Waals surface area contributed by atoms with Gasteiger partial charge in [0.15, 0.2) is 15.9 Å². The van der Waals surface area contributed by atoms with E-state index in [-0.39, 0.29) is 11.6 Å². The van der Waals surface area contributed by atoms with E-state index in [2.05, 4.69) is 15.3 Å². The molecule has 0 amide bonds. The second-order valence-corrected chi connectivity index (χ2v) is 8.93. The lowest BCUT2D eigenvalue weighted by Gasteiger charge is -2.06. The smallest absolute Gasteiger partial charge is 0.235 e. The van der Waals surface area contributed by atoms with Crippen molar-refractivity contribution in [3.8, 4) is 5.75 Å². The Hall–Kier alpha value is -3.04. The van der Waals surface area contributed by atoms with Gasteiger partial charge >= 0.3 is 0 Å². The molecule has 0 unspecified atom stereocenters. The number of rotatable bonds is 9. The van der Waals surface area contributed by atoms with Crippen LogP contribution in [0.2, 0.25) is 0 Å². The number of hydrogen-bond acceptors (Lipinski definition) is 7. The Morgan fingerprint density at radius 1 is 1.16 bits per heavy atom. The first-order valence-corrected chi connectivity index (χ1v) is 11.4. The molecule has 0 spiro atoms. The van der Waals surface area contributed by atoms with Crippen LogP contribution >= 0.6 is 23.1 Å². The molecule has 0 aliphatic rings. The van der Waals surface area contributed by atoms with Crippen molar-refractivity contribution >= 4 is 39.9 Å². The molecule has 2 aromatic heterocycles. The highest BCUT2D eigenvalue weighted by Gasteiger charge is 2.09. The summed E-state index contributed by atoms with van der Waals surface area (Å²) >= 11 is 3.20. The van der Waals surface area contributed by atoms with Gasteiger partial charge in [0.05, 0.1) is 6.61 Å². The number of nitrogens with zero attached hydrogens (tertiary/aromatic N) is 4. The second kappa shape index (κ2) is 9.84. The first kappa shape index (κ1) is 21.2. The van der Waals surface area contributed by atoms with E-state index in [1.165, 1.54) is 29.5 Å². The quantitative estimate of drug-likeness (QED) is 0.152. The van der Waals surface area contributed by atoms with Gasteiger partial charge in [0.25, 0.3) is 0 Å².